The molecule has 0 spiro atoms. The number of rotatable bonds is 4. The zero-order valence-corrected chi connectivity index (χ0v) is 11.7. The summed E-state index contributed by atoms with van der Waals surface area (Å²) < 4.78 is 5.17. The van der Waals surface area contributed by atoms with Crippen LogP contribution < -0.4 is 20.7 Å². The first-order chi connectivity index (χ1) is 9.60. The summed E-state index contributed by atoms with van der Waals surface area (Å²) >= 11 is 0. The summed E-state index contributed by atoms with van der Waals surface area (Å²) in [5, 5.41) is 8.70. The minimum absolute atomic E-state index is 0.00122. The van der Waals surface area contributed by atoms with Gasteiger partial charge >= 0.3 is 0 Å². The standard InChI is InChI=1S/C14H19N3O3/c1-9(18)16-12-7-11(3-4-13(12)20-2)17-14(19)10-5-6-15-8-10/h3-4,7,10,15H,5-6,8H2,1-2H3,(H,16,18)(H,17,19). The lowest BCUT2D eigenvalue weighted by Crippen LogP contribution is -2.24. The van der Waals surface area contributed by atoms with E-state index in [1.165, 1.54) is 14.0 Å². The minimum atomic E-state index is -0.188. The van der Waals surface area contributed by atoms with Gasteiger partial charge in [0.05, 0.1) is 18.7 Å². The van der Waals surface area contributed by atoms with E-state index in [4.69, 9.17) is 4.74 Å². The third kappa shape index (κ3) is 3.48. The number of carbonyl (C=O) groups is 2. The van der Waals surface area contributed by atoms with E-state index >= 15 is 0 Å². The zero-order valence-electron chi connectivity index (χ0n) is 11.7. The van der Waals surface area contributed by atoms with E-state index in [2.05, 4.69) is 16.0 Å². The van der Waals surface area contributed by atoms with Gasteiger partial charge < -0.3 is 20.7 Å². The van der Waals surface area contributed by atoms with Crippen LogP contribution in [0.3, 0.4) is 0 Å². The molecule has 108 valence electrons. The number of hydrogen-bond acceptors (Lipinski definition) is 4. The Balaban J connectivity index is 2.11. The Kier molecular flexibility index (Phi) is 4.57. The summed E-state index contributed by atoms with van der Waals surface area (Å²) in [6.45, 7) is 3.01. The third-order valence-corrected chi connectivity index (χ3v) is 3.21. The molecular formula is C14H19N3O3. The molecule has 1 aromatic carbocycles. The minimum Gasteiger partial charge on any atom is -0.495 e. The molecule has 20 heavy (non-hydrogen) atoms. The second-order valence-electron chi connectivity index (χ2n) is 4.78. The van der Waals surface area contributed by atoms with Gasteiger partial charge in [0.1, 0.15) is 5.75 Å². The van der Waals surface area contributed by atoms with Gasteiger partial charge in [-0.1, -0.05) is 0 Å². The topological polar surface area (TPSA) is 79.5 Å². The SMILES string of the molecule is COc1ccc(NC(=O)C2CCNC2)cc1NC(C)=O. The fraction of sp³-hybridized carbons (Fsp3) is 0.429. The molecule has 2 amide bonds. The third-order valence-electron chi connectivity index (χ3n) is 3.21. The van der Waals surface area contributed by atoms with Crippen molar-refractivity contribution in [3.63, 3.8) is 0 Å². The summed E-state index contributed by atoms with van der Waals surface area (Å²) in [6, 6.07) is 5.17. The number of nitrogens with one attached hydrogen (secondary N) is 3. The number of carbonyl (C=O) groups excluding carboxylic acids is 2. The average Bonchev–Trinajstić information content (AvgIpc) is 2.92. The maximum atomic E-state index is 12.0. The zero-order chi connectivity index (χ0) is 14.5. The summed E-state index contributed by atoms with van der Waals surface area (Å²) in [5.74, 6) is 0.364. The molecule has 1 aliphatic rings. The molecule has 0 radical (unpaired) electrons. The second kappa shape index (κ2) is 6.38. The Labute approximate surface area is 117 Å². The maximum Gasteiger partial charge on any atom is 0.228 e. The Morgan fingerprint density at radius 1 is 1.35 bits per heavy atom. The number of ether oxygens (including phenoxy) is 1. The van der Waals surface area contributed by atoms with E-state index in [0.29, 0.717) is 23.7 Å². The number of hydrogen-bond donors (Lipinski definition) is 3. The lowest BCUT2D eigenvalue weighted by atomic mass is 10.1. The number of amides is 2. The molecule has 1 aliphatic heterocycles. The van der Waals surface area contributed by atoms with Crippen molar-refractivity contribution in [3.05, 3.63) is 18.2 Å². The van der Waals surface area contributed by atoms with Crippen molar-refractivity contribution in [2.24, 2.45) is 5.92 Å². The van der Waals surface area contributed by atoms with Crippen LogP contribution in [0.5, 0.6) is 5.75 Å². The van der Waals surface area contributed by atoms with Gasteiger partial charge in [-0.3, -0.25) is 9.59 Å². The summed E-state index contributed by atoms with van der Waals surface area (Å²) in [7, 11) is 1.53. The van der Waals surface area contributed by atoms with E-state index in [-0.39, 0.29) is 17.7 Å². The molecule has 3 N–H and O–H groups in total. The summed E-state index contributed by atoms with van der Waals surface area (Å²) in [6.07, 6.45) is 0.848. The van der Waals surface area contributed by atoms with Crippen LogP contribution in [-0.4, -0.2) is 32.0 Å². The van der Waals surface area contributed by atoms with Gasteiger partial charge in [-0.2, -0.15) is 0 Å². The van der Waals surface area contributed by atoms with Crippen LogP contribution in [0.4, 0.5) is 11.4 Å². The Hall–Kier alpha value is -2.08. The highest BCUT2D eigenvalue weighted by Gasteiger charge is 2.22. The van der Waals surface area contributed by atoms with Crippen molar-refractivity contribution in [2.45, 2.75) is 13.3 Å². The van der Waals surface area contributed by atoms with Crippen LogP contribution in [0.1, 0.15) is 13.3 Å². The van der Waals surface area contributed by atoms with Crippen LogP contribution in [0.25, 0.3) is 0 Å². The summed E-state index contributed by atoms with van der Waals surface area (Å²) in [5.41, 5.74) is 1.19. The van der Waals surface area contributed by atoms with Crippen molar-refractivity contribution in [3.8, 4) is 5.75 Å². The Bertz CT molecular complexity index is 510. The normalized spacial score (nSPS) is 17.6. The fourth-order valence-electron chi connectivity index (χ4n) is 2.20. The van der Waals surface area contributed by atoms with E-state index in [1.54, 1.807) is 18.2 Å². The smallest absolute Gasteiger partial charge is 0.228 e. The van der Waals surface area contributed by atoms with Crippen molar-refractivity contribution < 1.29 is 14.3 Å². The Morgan fingerprint density at radius 3 is 2.75 bits per heavy atom. The lowest BCUT2D eigenvalue weighted by molar-refractivity contribution is -0.119. The molecule has 0 bridgehead atoms. The van der Waals surface area contributed by atoms with Gasteiger partial charge in [0.25, 0.3) is 0 Å². The fourth-order valence-corrected chi connectivity index (χ4v) is 2.20. The highest BCUT2D eigenvalue weighted by molar-refractivity contribution is 5.95. The summed E-state index contributed by atoms with van der Waals surface area (Å²) in [4.78, 5) is 23.2. The molecule has 6 nitrogen and oxygen atoms in total. The lowest BCUT2D eigenvalue weighted by Gasteiger charge is -2.13. The molecule has 1 fully saturated rings. The van der Waals surface area contributed by atoms with Gasteiger partial charge in [-0.05, 0) is 31.2 Å². The molecule has 1 unspecified atom stereocenters. The average molecular weight is 277 g/mol. The molecule has 2 rings (SSSR count). The van der Waals surface area contributed by atoms with E-state index in [0.717, 1.165) is 13.0 Å². The molecular weight excluding hydrogens is 258 g/mol. The van der Waals surface area contributed by atoms with Gasteiger partial charge in [0.2, 0.25) is 11.8 Å². The molecule has 1 saturated heterocycles. The van der Waals surface area contributed by atoms with Crippen LogP contribution >= 0.6 is 0 Å². The largest absolute Gasteiger partial charge is 0.495 e. The molecule has 1 atom stereocenters. The van der Waals surface area contributed by atoms with Crippen LogP contribution in [0.15, 0.2) is 18.2 Å². The number of anilines is 2. The second-order valence-corrected chi connectivity index (χ2v) is 4.78. The van der Waals surface area contributed by atoms with Crippen LogP contribution in [-0.2, 0) is 9.59 Å². The molecule has 1 aromatic rings. The van der Waals surface area contributed by atoms with Gasteiger partial charge in [0, 0.05) is 19.2 Å². The predicted octanol–water partition coefficient (Wildman–Crippen LogP) is 1.20. The first kappa shape index (κ1) is 14.3. The molecule has 1 heterocycles. The van der Waals surface area contributed by atoms with E-state index in [1.807, 2.05) is 0 Å². The van der Waals surface area contributed by atoms with Gasteiger partial charge in [-0.25, -0.2) is 0 Å². The molecule has 0 saturated carbocycles. The van der Waals surface area contributed by atoms with Crippen molar-refractivity contribution in [1.29, 1.82) is 0 Å². The van der Waals surface area contributed by atoms with Gasteiger partial charge in [-0.15, -0.1) is 0 Å². The molecule has 6 heteroatoms. The highest BCUT2D eigenvalue weighted by Crippen LogP contribution is 2.28. The van der Waals surface area contributed by atoms with Crippen LogP contribution in [0, 0.1) is 5.92 Å². The molecule has 0 aromatic heterocycles. The Morgan fingerprint density at radius 2 is 2.15 bits per heavy atom. The predicted molar refractivity (Wildman–Crippen MR) is 76.9 cm³/mol. The van der Waals surface area contributed by atoms with Crippen LogP contribution in [0.2, 0.25) is 0 Å². The monoisotopic (exact) mass is 277 g/mol. The first-order valence-corrected chi connectivity index (χ1v) is 6.57. The van der Waals surface area contributed by atoms with Gasteiger partial charge in [0.15, 0.2) is 0 Å². The first-order valence-electron chi connectivity index (χ1n) is 6.57. The molecule has 0 aliphatic carbocycles. The quantitative estimate of drug-likeness (QED) is 0.772. The van der Waals surface area contributed by atoms with E-state index < -0.39 is 0 Å². The highest BCUT2D eigenvalue weighted by atomic mass is 16.5. The number of methoxy groups -OCH3 is 1. The number of benzene rings is 1. The van der Waals surface area contributed by atoms with Crippen molar-refractivity contribution in [1.82, 2.24) is 5.32 Å². The van der Waals surface area contributed by atoms with Crippen molar-refractivity contribution in [2.75, 3.05) is 30.8 Å². The van der Waals surface area contributed by atoms with Crippen molar-refractivity contribution >= 4 is 23.2 Å². The maximum absolute atomic E-state index is 12.0. The van der Waals surface area contributed by atoms with E-state index in [9.17, 15) is 9.59 Å².